The predicted molar refractivity (Wildman–Crippen MR) is 99.8 cm³/mol. The number of halogens is 3. The van der Waals surface area contributed by atoms with Crippen LogP contribution in [0.4, 0.5) is 14.5 Å². The van der Waals surface area contributed by atoms with E-state index in [0.29, 0.717) is 22.0 Å². The van der Waals surface area contributed by atoms with E-state index in [1.54, 1.807) is 18.2 Å². The molecule has 0 spiro atoms. The number of benzene rings is 2. The second kappa shape index (κ2) is 8.97. The number of rotatable bonds is 6. The van der Waals surface area contributed by atoms with Crippen molar-refractivity contribution in [3.05, 3.63) is 58.1 Å². The number of alkyl halides is 2. The van der Waals surface area contributed by atoms with Crippen LogP contribution in [0.15, 0.2) is 36.4 Å². The summed E-state index contributed by atoms with van der Waals surface area (Å²) in [6, 6.07) is 9.94. The molecule has 0 amide bonds. The van der Waals surface area contributed by atoms with Crippen LogP contribution in [0.2, 0.25) is 5.02 Å². The Balaban J connectivity index is 2.29. The first-order valence-electron chi connectivity index (χ1n) is 7.62. The maximum atomic E-state index is 13.4. The molecule has 0 bridgehead atoms. The molecule has 2 aromatic rings. The Morgan fingerprint density at radius 3 is 2.64 bits per heavy atom. The third-order valence-corrected chi connectivity index (χ3v) is 4.21. The number of nitrogens with one attached hydrogen (secondary N) is 1. The van der Waals surface area contributed by atoms with Gasteiger partial charge in [-0.1, -0.05) is 36.7 Å². The smallest absolute Gasteiger partial charge is 0.264 e. The molecule has 0 aromatic heterocycles. The number of hydrogen-bond donors (Lipinski definition) is 1. The molecule has 0 saturated heterocycles. The molecule has 25 heavy (non-hydrogen) atoms. The van der Waals surface area contributed by atoms with Crippen LogP contribution < -0.4 is 10.1 Å². The van der Waals surface area contributed by atoms with Gasteiger partial charge in [-0.15, -0.1) is 0 Å². The van der Waals surface area contributed by atoms with Crippen molar-refractivity contribution in [3.8, 4) is 5.75 Å². The van der Waals surface area contributed by atoms with Crippen molar-refractivity contribution in [3.63, 3.8) is 0 Å². The molecule has 2 rings (SSSR count). The van der Waals surface area contributed by atoms with Gasteiger partial charge in [-0.05, 0) is 42.4 Å². The van der Waals surface area contributed by atoms with Crippen LogP contribution in [0.3, 0.4) is 0 Å². The summed E-state index contributed by atoms with van der Waals surface area (Å²) in [5.41, 5.74) is 1.64. The Morgan fingerprint density at radius 1 is 1.28 bits per heavy atom. The van der Waals surface area contributed by atoms with Gasteiger partial charge in [0.15, 0.2) is 0 Å². The standard InChI is InChI=1S/C18H18ClF2NO2S/c1-3-11-7-8-16(14(19)9-11)24-10-13-12(17(20)21)5-4-6-15(13)22-18(25)23-2/h4-9,17H,3,10H2,1-2H3,(H,22,25). The first kappa shape index (κ1) is 19.4. The second-order valence-electron chi connectivity index (χ2n) is 5.20. The van der Waals surface area contributed by atoms with Crippen LogP contribution in [0.5, 0.6) is 5.75 Å². The number of anilines is 1. The maximum Gasteiger partial charge on any atom is 0.264 e. The zero-order valence-electron chi connectivity index (χ0n) is 13.8. The van der Waals surface area contributed by atoms with Gasteiger partial charge in [0, 0.05) is 16.8 Å². The van der Waals surface area contributed by atoms with E-state index in [4.69, 9.17) is 33.3 Å². The van der Waals surface area contributed by atoms with Gasteiger partial charge in [0.25, 0.3) is 11.6 Å². The van der Waals surface area contributed by atoms with Crippen molar-refractivity contribution in [2.45, 2.75) is 26.4 Å². The van der Waals surface area contributed by atoms with Crippen LogP contribution in [-0.2, 0) is 17.8 Å². The van der Waals surface area contributed by atoms with Crippen molar-refractivity contribution in [2.24, 2.45) is 0 Å². The summed E-state index contributed by atoms with van der Waals surface area (Å²) in [6.07, 6.45) is -1.80. The Morgan fingerprint density at radius 2 is 2.04 bits per heavy atom. The second-order valence-corrected chi connectivity index (χ2v) is 5.98. The first-order valence-corrected chi connectivity index (χ1v) is 8.41. The van der Waals surface area contributed by atoms with E-state index in [-0.39, 0.29) is 17.3 Å². The quantitative estimate of drug-likeness (QED) is 0.640. The molecule has 0 fully saturated rings. The molecule has 7 heteroatoms. The molecule has 134 valence electrons. The number of thiocarbonyl (C=S) groups is 1. The van der Waals surface area contributed by atoms with Crippen LogP contribution in [0, 0.1) is 0 Å². The fourth-order valence-electron chi connectivity index (χ4n) is 2.28. The molecule has 0 aliphatic rings. The summed E-state index contributed by atoms with van der Waals surface area (Å²) in [7, 11) is 1.40. The normalized spacial score (nSPS) is 10.6. The van der Waals surface area contributed by atoms with Crippen LogP contribution in [-0.4, -0.2) is 12.3 Å². The molecule has 0 heterocycles. The van der Waals surface area contributed by atoms with E-state index >= 15 is 0 Å². The van der Waals surface area contributed by atoms with E-state index in [9.17, 15) is 8.78 Å². The van der Waals surface area contributed by atoms with Crippen molar-refractivity contribution in [2.75, 3.05) is 12.4 Å². The van der Waals surface area contributed by atoms with E-state index in [0.717, 1.165) is 12.0 Å². The highest BCUT2D eigenvalue weighted by atomic mass is 35.5. The Kier molecular flexibility index (Phi) is 6.96. The summed E-state index contributed by atoms with van der Waals surface area (Å²) in [6.45, 7) is 1.93. The lowest BCUT2D eigenvalue weighted by Crippen LogP contribution is -2.14. The van der Waals surface area contributed by atoms with E-state index in [1.807, 2.05) is 13.0 Å². The molecule has 0 radical (unpaired) electrons. The van der Waals surface area contributed by atoms with Crippen LogP contribution in [0.1, 0.15) is 30.0 Å². The maximum absolute atomic E-state index is 13.4. The molecule has 0 atom stereocenters. The predicted octanol–water partition coefficient (Wildman–Crippen LogP) is 5.76. The lowest BCUT2D eigenvalue weighted by molar-refractivity contribution is 0.148. The minimum absolute atomic E-state index is 0.0815. The molecule has 0 unspecified atom stereocenters. The Bertz CT molecular complexity index is 756. The molecule has 3 nitrogen and oxygen atoms in total. The Hall–Kier alpha value is -1.92. The van der Waals surface area contributed by atoms with Gasteiger partial charge in [-0.3, -0.25) is 0 Å². The lowest BCUT2D eigenvalue weighted by Gasteiger charge is -2.17. The highest BCUT2D eigenvalue weighted by Gasteiger charge is 2.18. The van der Waals surface area contributed by atoms with Crippen LogP contribution >= 0.6 is 23.8 Å². The topological polar surface area (TPSA) is 30.5 Å². The molecular weight excluding hydrogens is 368 g/mol. The summed E-state index contributed by atoms with van der Waals surface area (Å²) in [5, 5.41) is 3.31. The fourth-order valence-corrected chi connectivity index (χ4v) is 2.65. The van der Waals surface area contributed by atoms with Gasteiger partial charge < -0.3 is 14.8 Å². The average Bonchev–Trinajstić information content (AvgIpc) is 2.60. The highest BCUT2D eigenvalue weighted by Crippen LogP contribution is 2.32. The van der Waals surface area contributed by atoms with Crippen molar-refractivity contribution in [1.82, 2.24) is 0 Å². The van der Waals surface area contributed by atoms with Gasteiger partial charge in [0.05, 0.1) is 12.1 Å². The monoisotopic (exact) mass is 385 g/mol. The van der Waals surface area contributed by atoms with Gasteiger partial charge >= 0.3 is 0 Å². The SMILES string of the molecule is CCc1ccc(OCc2c(NC(=S)OC)cccc2C(F)F)c(Cl)c1. The third kappa shape index (κ3) is 5.03. The summed E-state index contributed by atoms with van der Waals surface area (Å²) in [5.74, 6) is 0.434. The van der Waals surface area contributed by atoms with Crippen LogP contribution in [0.25, 0.3) is 0 Å². The van der Waals surface area contributed by atoms with Gasteiger partial charge in [-0.2, -0.15) is 0 Å². The zero-order chi connectivity index (χ0) is 18.4. The molecule has 0 aliphatic heterocycles. The van der Waals surface area contributed by atoms with Gasteiger partial charge in [0.1, 0.15) is 12.4 Å². The van der Waals surface area contributed by atoms with Gasteiger partial charge in [0.2, 0.25) is 0 Å². The first-order chi connectivity index (χ1) is 12.0. The van der Waals surface area contributed by atoms with Crippen molar-refractivity contribution in [1.29, 1.82) is 0 Å². The number of hydrogen-bond acceptors (Lipinski definition) is 3. The van der Waals surface area contributed by atoms with Crippen molar-refractivity contribution < 1.29 is 18.3 Å². The Labute approximate surface area is 155 Å². The minimum Gasteiger partial charge on any atom is -0.487 e. The zero-order valence-corrected chi connectivity index (χ0v) is 15.4. The lowest BCUT2D eigenvalue weighted by atomic mass is 10.1. The van der Waals surface area contributed by atoms with Crippen molar-refractivity contribution >= 4 is 34.7 Å². The molecule has 0 saturated carbocycles. The number of aryl methyl sites for hydroxylation is 1. The molecule has 0 aliphatic carbocycles. The largest absolute Gasteiger partial charge is 0.487 e. The third-order valence-electron chi connectivity index (χ3n) is 3.65. The average molecular weight is 386 g/mol. The molecule has 2 aromatic carbocycles. The van der Waals surface area contributed by atoms with Gasteiger partial charge in [-0.25, -0.2) is 8.78 Å². The number of ether oxygens (including phenoxy) is 2. The highest BCUT2D eigenvalue weighted by molar-refractivity contribution is 7.80. The summed E-state index contributed by atoms with van der Waals surface area (Å²) < 4.78 is 37.3. The number of methoxy groups -OCH3 is 1. The fraction of sp³-hybridized carbons (Fsp3) is 0.278. The minimum atomic E-state index is -2.64. The van der Waals surface area contributed by atoms with E-state index in [2.05, 4.69) is 5.32 Å². The molecular formula is C18H18ClF2NO2S. The summed E-state index contributed by atoms with van der Waals surface area (Å²) >= 11 is 11.1. The van der Waals surface area contributed by atoms with E-state index < -0.39 is 6.43 Å². The van der Waals surface area contributed by atoms with E-state index in [1.165, 1.54) is 19.2 Å². The molecule has 1 N–H and O–H groups in total. The summed E-state index contributed by atoms with van der Waals surface area (Å²) in [4.78, 5) is 0.